The Morgan fingerprint density at radius 1 is 1.32 bits per heavy atom. The predicted molar refractivity (Wildman–Crippen MR) is 87.7 cm³/mol. The van der Waals surface area contributed by atoms with Crippen molar-refractivity contribution in [1.29, 1.82) is 0 Å². The summed E-state index contributed by atoms with van der Waals surface area (Å²) in [5.74, 6) is -0.479. The molecule has 0 aromatic heterocycles. The van der Waals surface area contributed by atoms with Crippen LogP contribution in [0, 0.1) is 5.41 Å². The summed E-state index contributed by atoms with van der Waals surface area (Å²) in [5.41, 5.74) is 7.48. The third-order valence-electron chi connectivity index (χ3n) is 3.51. The van der Waals surface area contributed by atoms with Crippen molar-refractivity contribution in [1.82, 2.24) is 5.32 Å². The van der Waals surface area contributed by atoms with E-state index in [-0.39, 0.29) is 29.8 Å². The van der Waals surface area contributed by atoms with Gasteiger partial charge in [0.05, 0.1) is 24.9 Å². The van der Waals surface area contributed by atoms with Gasteiger partial charge in [-0.2, -0.15) is 0 Å². The number of nitrogens with two attached hydrogens (primary N) is 1. The number of anilines is 2. The molecule has 0 bridgehead atoms. The van der Waals surface area contributed by atoms with Gasteiger partial charge in [-0.05, 0) is 23.6 Å². The summed E-state index contributed by atoms with van der Waals surface area (Å²) < 4.78 is 4.75. The quantitative estimate of drug-likeness (QED) is 0.571. The van der Waals surface area contributed by atoms with Crippen LogP contribution in [0.4, 0.5) is 11.4 Å². The Balaban J connectivity index is 2.98. The monoisotopic (exact) mass is 307 g/mol. The molecule has 0 fully saturated rings. The van der Waals surface area contributed by atoms with Crippen LogP contribution in [0.25, 0.3) is 0 Å². The number of rotatable bonds is 5. The molecule has 0 aliphatic heterocycles. The molecule has 0 heterocycles. The number of hydrogen-bond acceptors (Lipinski definition) is 5. The maximum atomic E-state index is 11.6. The fourth-order valence-electron chi connectivity index (χ4n) is 1.99. The van der Waals surface area contributed by atoms with Crippen LogP contribution < -0.4 is 16.4 Å². The van der Waals surface area contributed by atoms with Crippen LogP contribution >= 0.6 is 0 Å². The Kier molecular flexibility index (Phi) is 5.79. The number of methoxy groups -OCH3 is 1. The minimum Gasteiger partial charge on any atom is -0.469 e. The number of amides is 1. The van der Waals surface area contributed by atoms with E-state index in [4.69, 9.17) is 10.5 Å². The Hall–Kier alpha value is -2.24. The van der Waals surface area contributed by atoms with E-state index in [9.17, 15) is 9.59 Å². The van der Waals surface area contributed by atoms with Crippen molar-refractivity contribution in [2.24, 2.45) is 5.41 Å². The maximum absolute atomic E-state index is 11.6. The minimum atomic E-state index is -0.284. The first-order valence-corrected chi connectivity index (χ1v) is 7.14. The standard InChI is InChI=1S/C16H25N3O3/c1-16(2,3)13(9-14(20)22-5)19-12-7-6-10(8-11(12)17)15(21)18-4/h6-8,13,19H,9,17H2,1-5H3,(H,18,21). The van der Waals surface area contributed by atoms with Crippen LogP contribution in [0.2, 0.25) is 0 Å². The molecule has 0 spiro atoms. The first-order valence-electron chi connectivity index (χ1n) is 7.14. The molecular weight excluding hydrogens is 282 g/mol. The normalized spacial score (nSPS) is 12.4. The number of nitrogen functional groups attached to an aromatic ring is 1. The van der Waals surface area contributed by atoms with E-state index in [0.29, 0.717) is 16.9 Å². The zero-order valence-corrected chi connectivity index (χ0v) is 13.8. The molecule has 1 unspecified atom stereocenters. The number of esters is 1. The van der Waals surface area contributed by atoms with E-state index in [1.807, 2.05) is 20.8 Å². The van der Waals surface area contributed by atoms with Crippen LogP contribution in [-0.2, 0) is 9.53 Å². The zero-order valence-electron chi connectivity index (χ0n) is 13.8. The van der Waals surface area contributed by atoms with Crippen molar-refractivity contribution < 1.29 is 14.3 Å². The zero-order chi connectivity index (χ0) is 16.9. The lowest BCUT2D eigenvalue weighted by atomic mass is 9.84. The molecule has 1 rings (SSSR count). The number of benzene rings is 1. The van der Waals surface area contributed by atoms with Crippen molar-refractivity contribution in [2.45, 2.75) is 33.2 Å². The average molecular weight is 307 g/mol. The van der Waals surface area contributed by atoms with Gasteiger partial charge in [0, 0.05) is 18.7 Å². The lowest BCUT2D eigenvalue weighted by molar-refractivity contribution is -0.141. The highest BCUT2D eigenvalue weighted by atomic mass is 16.5. The number of nitrogens with one attached hydrogen (secondary N) is 2. The summed E-state index contributed by atoms with van der Waals surface area (Å²) >= 11 is 0. The molecule has 0 aliphatic rings. The Bertz CT molecular complexity index is 550. The Morgan fingerprint density at radius 2 is 1.95 bits per heavy atom. The Morgan fingerprint density at radius 3 is 2.41 bits per heavy atom. The molecule has 1 amide bonds. The smallest absolute Gasteiger partial charge is 0.307 e. The number of carbonyl (C=O) groups excluding carboxylic acids is 2. The van der Waals surface area contributed by atoms with Gasteiger partial charge in [0.1, 0.15) is 0 Å². The molecule has 22 heavy (non-hydrogen) atoms. The van der Waals surface area contributed by atoms with Gasteiger partial charge in [-0.1, -0.05) is 20.8 Å². The van der Waals surface area contributed by atoms with Crippen molar-refractivity contribution in [3.8, 4) is 0 Å². The third kappa shape index (κ3) is 4.65. The van der Waals surface area contributed by atoms with E-state index >= 15 is 0 Å². The van der Waals surface area contributed by atoms with Crippen molar-refractivity contribution >= 4 is 23.3 Å². The summed E-state index contributed by atoms with van der Waals surface area (Å²) in [6.07, 6.45) is 0.233. The summed E-state index contributed by atoms with van der Waals surface area (Å²) in [5, 5.41) is 5.83. The summed E-state index contributed by atoms with van der Waals surface area (Å²) in [7, 11) is 2.94. The predicted octanol–water partition coefficient (Wildman–Crippen LogP) is 2.02. The Labute approximate surface area is 131 Å². The topological polar surface area (TPSA) is 93.5 Å². The third-order valence-corrected chi connectivity index (χ3v) is 3.51. The molecule has 6 nitrogen and oxygen atoms in total. The minimum absolute atomic E-state index is 0.145. The first-order chi connectivity index (χ1) is 10.2. The van der Waals surface area contributed by atoms with Gasteiger partial charge in [-0.25, -0.2) is 0 Å². The van der Waals surface area contributed by atoms with E-state index in [0.717, 1.165) is 0 Å². The molecule has 1 aromatic carbocycles. The number of carbonyl (C=O) groups is 2. The largest absolute Gasteiger partial charge is 0.469 e. The van der Waals surface area contributed by atoms with E-state index in [1.165, 1.54) is 7.11 Å². The molecular formula is C16H25N3O3. The van der Waals surface area contributed by atoms with Crippen molar-refractivity contribution in [3.05, 3.63) is 23.8 Å². The molecule has 122 valence electrons. The average Bonchev–Trinajstić information content (AvgIpc) is 2.46. The van der Waals surface area contributed by atoms with E-state index < -0.39 is 0 Å². The van der Waals surface area contributed by atoms with Crippen LogP contribution in [0.1, 0.15) is 37.6 Å². The summed E-state index contributed by atoms with van der Waals surface area (Å²) in [4.78, 5) is 23.2. The molecule has 0 aliphatic carbocycles. The number of hydrogen-bond donors (Lipinski definition) is 3. The van der Waals surface area contributed by atoms with Gasteiger partial charge < -0.3 is 21.1 Å². The highest BCUT2D eigenvalue weighted by Crippen LogP contribution is 2.29. The molecule has 1 aromatic rings. The highest BCUT2D eigenvalue weighted by Gasteiger charge is 2.28. The van der Waals surface area contributed by atoms with Crippen LogP contribution in [0.15, 0.2) is 18.2 Å². The van der Waals surface area contributed by atoms with Crippen molar-refractivity contribution in [3.63, 3.8) is 0 Å². The van der Waals surface area contributed by atoms with E-state index in [2.05, 4.69) is 10.6 Å². The van der Waals surface area contributed by atoms with Gasteiger partial charge in [-0.3, -0.25) is 9.59 Å². The summed E-state index contributed by atoms with van der Waals surface area (Å²) in [6, 6.07) is 4.90. The fourth-order valence-corrected chi connectivity index (χ4v) is 1.99. The molecule has 0 saturated heterocycles. The fraction of sp³-hybridized carbons (Fsp3) is 0.500. The molecule has 0 radical (unpaired) electrons. The van der Waals surface area contributed by atoms with Crippen LogP contribution in [0.3, 0.4) is 0 Å². The molecule has 1 atom stereocenters. The lowest BCUT2D eigenvalue weighted by Gasteiger charge is -2.32. The molecule has 4 N–H and O–H groups in total. The van der Waals surface area contributed by atoms with Gasteiger partial charge in [0.25, 0.3) is 5.91 Å². The lowest BCUT2D eigenvalue weighted by Crippen LogP contribution is -2.36. The maximum Gasteiger partial charge on any atom is 0.307 e. The SMILES string of the molecule is CNC(=O)c1ccc(NC(CC(=O)OC)C(C)(C)C)c(N)c1. The first kappa shape index (κ1) is 17.8. The molecule has 6 heteroatoms. The summed E-state index contributed by atoms with van der Waals surface area (Å²) in [6.45, 7) is 6.09. The molecule has 0 saturated carbocycles. The van der Waals surface area contributed by atoms with Gasteiger partial charge in [0.2, 0.25) is 0 Å². The number of ether oxygens (including phenoxy) is 1. The van der Waals surface area contributed by atoms with Crippen molar-refractivity contribution in [2.75, 3.05) is 25.2 Å². The second-order valence-corrected chi connectivity index (χ2v) is 6.22. The van der Waals surface area contributed by atoms with Gasteiger partial charge in [-0.15, -0.1) is 0 Å². The van der Waals surface area contributed by atoms with Crippen LogP contribution in [0.5, 0.6) is 0 Å². The van der Waals surface area contributed by atoms with Gasteiger partial charge in [0.15, 0.2) is 0 Å². The van der Waals surface area contributed by atoms with E-state index in [1.54, 1.807) is 25.2 Å². The highest BCUT2D eigenvalue weighted by molar-refractivity contribution is 5.96. The van der Waals surface area contributed by atoms with Gasteiger partial charge >= 0.3 is 5.97 Å². The second-order valence-electron chi connectivity index (χ2n) is 6.22. The second kappa shape index (κ2) is 7.15. The van der Waals surface area contributed by atoms with Crippen LogP contribution in [-0.4, -0.2) is 32.1 Å².